The van der Waals surface area contributed by atoms with Gasteiger partial charge in [-0.25, -0.2) is 0 Å². The number of hydrogen-bond donors (Lipinski definition) is 1. The number of amides is 1. The van der Waals surface area contributed by atoms with Crippen molar-refractivity contribution in [3.8, 4) is 0 Å². The second kappa shape index (κ2) is 5.50. The van der Waals surface area contributed by atoms with Crippen LogP contribution in [0, 0.1) is 0 Å². The van der Waals surface area contributed by atoms with E-state index in [1.54, 1.807) is 24.3 Å². The number of aryl methyl sites for hydroxylation is 1. The van der Waals surface area contributed by atoms with Crippen LogP contribution in [-0.2, 0) is 12.8 Å². The summed E-state index contributed by atoms with van der Waals surface area (Å²) in [6, 6.07) is 6.64. The molecule has 0 saturated heterocycles. The number of hydrogen-bond acceptors (Lipinski definition) is 4. The van der Waals surface area contributed by atoms with Crippen LogP contribution in [-0.4, -0.2) is 11.9 Å². The van der Waals surface area contributed by atoms with Crippen molar-refractivity contribution in [1.29, 1.82) is 0 Å². The average molecular weight is 321 g/mol. The van der Waals surface area contributed by atoms with Crippen molar-refractivity contribution in [2.45, 2.75) is 19.3 Å². The first kappa shape index (κ1) is 14.1. The Balaban J connectivity index is 1.94. The minimum absolute atomic E-state index is 0.118. The Morgan fingerprint density at radius 1 is 1.24 bits per heavy atom. The molecule has 0 bridgehead atoms. The highest BCUT2D eigenvalue weighted by Crippen LogP contribution is 2.39. The quantitative estimate of drug-likeness (QED) is 0.944. The van der Waals surface area contributed by atoms with Crippen molar-refractivity contribution < 1.29 is 14.7 Å². The highest BCUT2D eigenvalue weighted by molar-refractivity contribution is 7.17. The van der Waals surface area contributed by atoms with Gasteiger partial charge in [-0.2, -0.15) is 0 Å². The second-order valence-electron chi connectivity index (χ2n) is 4.78. The molecule has 1 aliphatic carbocycles. The Morgan fingerprint density at radius 2 is 2.00 bits per heavy atom. The van der Waals surface area contributed by atoms with Crippen molar-refractivity contribution in [2.75, 3.05) is 5.32 Å². The fraction of sp³-hybridized carbons (Fsp3) is 0.200. The van der Waals surface area contributed by atoms with Crippen LogP contribution in [0.1, 0.15) is 37.6 Å². The Kier molecular flexibility index (Phi) is 3.69. The van der Waals surface area contributed by atoms with Crippen molar-refractivity contribution >= 4 is 39.8 Å². The lowest BCUT2D eigenvalue weighted by molar-refractivity contribution is -0.254. The molecule has 0 unspecified atom stereocenters. The maximum Gasteiger partial charge on any atom is 0.257 e. The van der Waals surface area contributed by atoms with E-state index in [-0.39, 0.29) is 5.56 Å². The normalized spacial score (nSPS) is 13.0. The maximum absolute atomic E-state index is 12.2. The minimum Gasteiger partial charge on any atom is -0.545 e. The molecule has 4 nitrogen and oxygen atoms in total. The predicted octanol–water partition coefficient (Wildman–Crippen LogP) is 2.51. The number of thiophene rings is 1. The van der Waals surface area contributed by atoms with E-state index in [0.29, 0.717) is 15.6 Å². The number of nitrogens with one attached hydrogen (secondary N) is 1. The molecule has 1 aromatic heterocycles. The monoisotopic (exact) mass is 320 g/mol. The van der Waals surface area contributed by atoms with Gasteiger partial charge in [0.15, 0.2) is 0 Å². The van der Waals surface area contributed by atoms with Crippen LogP contribution < -0.4 is 10.4 Å². The smallest absolute Gasteiger partial charge is 0.257 e. The van der Waals surface area contributed by atoms with E-state index in [0.717, 1.165) is 29.7 Å². The molecule has 0 radical (unpaired) electrons. The Hall–Kier alpha value is -1.85. The van der Waals surface area contributed by atoms with Crippen LogP contribution in [0.15, 0.2) is 24.3 Å². The third-order valence-corrected chi connectivity index (χ3v) is 5.01. The summed E-state index contributed by atoms with van der Waals surface area (Å²) in [5.41, 5.74) is 1.24. The molecule has 1 amide bonds. The van der Waals surface area contributed by atoms with E-state index >= 15 is 0 Å². The zero-order valence-electron chi connectivity index (χ0n) is 10.9. The number of carbonyl (C=O) groups is 2. The summed E-state index contributed by atoms with van der Waals surface area (Å²) in [7, 11) is 0. The summed E-state index contributed by atoms with van der Waals surface area (Å²) in [6.07, 6.45) is 2.51. The Labute approximate surface area is 130 Å². The molecule has 108 valence electrons. The molecule has 0 spiro atoms. The van der Waals surface area contributed by atoms with Crippen molar-refractivity contribution in [2.24, 2.45) is 0 Å². The number of anilines is 1. The maximum atomic E-state index is 12.2. The van der Waals surface area contributed by atoms with Crippen LogP contribution in [0.2, 0.25) is 5.02 Å². The number of aromatic carboxylic acids is 1. The second-order valence-corrected chi connectivity index (χ2v) is 6.30. The van der Waals surface area contributed by atoms with Gasteiger partial charge in [0.05, 0.1) is 16.6 Å². The molecule has 1 heterocycles. The molecule has 3 rings (SSSR count). The molecule has 6 heteroatoms. The van der Waals surface area contributed by atoms with E-state index < -0.39 is 11.9 Å². The highest BCUT2D eigenvalue weighted by Gasteiger charge is 2.24. The van der Waals surface area contributed by atoms with Gasteiger partial charge in [0.2, 0.25) is 0 Å². The van der Waals surface area contributed by atoms with E-state index in [2.05, 4.69) is 5.32 Å². The van der Waals surface area contributed by atoms with Gasteiger partial charge >= 0.3 is 0 Å². The molecule has 1 aromatic carbocycles. The first-order chi connectivity index (χ1) is 10.1. The fourth-order valence-electron chi connectivity index (χ4n) is 2.52. The van der Waals surface area contributed by atoms with Crippen molar-refractivity contribution in [1.82, 2.24) is 0 Å². The van der Waals surface area contributed by atoms with Gasteiger partial charge in [0, 0.05) is 10.4 Å². The summed E-state index contributed by atoms with van der Waals surface area (Å²) in [5, 5.41) is 14.7. The summed E-state index contributed by atoms with van der Waals surface area (Å²) >= 11 is 7.29. The molecule has 2 aromatic rings. The lowest BCUT2D eigenvalue weighted by Gasteiger charge is -2.09. The molecule has 1 aliphatic rings. The molecule has 0 atom stereocenters. The number of carbonyl (C=O) groups excluding carboxylic acids is 2. The Bertz CT molecular complexity index is 739. The summed E-state index contributed by atoms with van der Waals surface area (Å²) in [4.78, 5) is 24.6. The van der Waals surface area contributed by atoms with Gasteiger partial charge < -0.3 is 15.2 Å². The summed E-state index contributed by atoms with van der Waals surface area (Å²) < 4.78 is 0. The van der Waals surface area contributed by atoms with Gasteiger partial charge in [-0.05, 0) is 37.0 Å². The topological polar surface area (TPSA) is 69.2 Å². The van der Waals surface area contributed by atoms with E-state index in [9.17, 15) is 14.7 Å². The number of rotatable bonds is 3. The summed E-state index contributed by atoms with van der Waals surface area (Å²) in [6.45, 7) is 0. The van der Waals surface area contributed by atoms with Crippen LogP contribution in [0.3, 0.4) is 0 Å². The lowest BCUT2D eigenvalue weighted by Crippen LogP contribution is -2.25. The van der Waals surface area contributed by atoms with Gasteiger partial charge in [0.1, 0.15) is 5.00 Å². The molecular formula is C15H11ClNO3S-. The van der Waals surface area contributed by atoms with Crippen molar-refractivity contribution in [3.63, 3.8) is 0 Å². The van der Waals surface area contributed by atoms with Crippen LogP contribution >= 0.6 is 22.9 Å². The SMILES string of the molecule is O=C(Nc1sc2c(c1C(=O)[O-])CCC2)c1ccccc1Cl. The van der Waals surface area contributed by atoms with Crippen LogP contribution in [0.4, 0.5) is 5.00 Å². The highest BCUT2D eigenvalue weighted by atomic mass is 35.5. The Morgan fingerprint density at radius 3 is 2.71 bits per heavy atom. The number of halogens is 1. The lowest BCUT2D eigenvalue weighted by atomic mass is 10.1. The third kappa shape index (κ3) is 2.54. The number of fused-ring (bicyclic) bond motifs is 1. The van der Waals surface area contributed by atoms with Crippen LogP contribution in [0.25, 0.3) is 0 Å². The van der Waals surface area contributed by atoms with Gasteiger partial charge in [-0.15, -0.1) is 11.3 Å². The third-order valence-electron chi connectivity index (χ3n) is 3.47. The first-order valence-electron chi connectivity index (χ1n) is 6.49. The van der Waals surface area contributed by atoms with E-state index in [1.165, 1.54) is 11.3 Å². The number of carboxylic acids is 1. The standard InChI is InChI=1S/C15H12ClNO3S/c16-10-6-2-1-4-8(10)13(18)17-14-12(15(19)20)9-5-3-7-11(9)21-14/h1-2,4,6H,3,5,7H2,(H,17,18)(H,19,20)/p-1. The van der Waals surface area contributed by atoms with E-state index in [1.807, 2.05) is 0 Å². The number of benzene rings is 1. The first-order valence-corrected chi connectivity index (χ1v) is 7.69. The van der Waals surface area contributed by atoms with Gasteiger partial charge in [-0.3, -0.25) is 4.79 Å². The fourth-order valence-corrected chi connectivity index (χ4v) is 4.02. The minimum atomic E-state index is -1.25. The van der Waals surface area contributed by atoms with Crippen molar-refractivity contribution in [3.05, 3.63) is 50.9 Å². The molecule has 1 N–H and O–H groups in total. The zero-order valence-corrected chi connectivity index (χ0v) is 12.5. The largest absolute Gasteiger partial charge is 0.545 e. The predicted molar refractivity (Wildman–Crippen MR) is 80.1 cm³/mol. The number of carboxylic acid groups (broad SMARTS) is 1. The van der Waals surface area contributed by atoms with E-state index in [4.69, 9.17) is 11.6 Å². The molecule has 0 aliphatic heterocycles. The molecule has 0 fully saturated rings. The zero-order chi connectivity index (χ0) is 15.0. The average Bonchev–Trinajstić information content (AvgIpc) is 2.98. The molecular weight excluding hydrogens is 310 g/mol. The molecule has 21 heavy (non-hydrogen) atoms. The molecule has 0 saturated carbocycles. The van der Waals surface area contributed by atoms with Gasteiger partial charge in [0.25, 0.3) is 5.91 Å². The van der Waals surface area contributed by atoms with Gasteiger partial charge in [-0.1, -0.05) is 23.7 Å². The summed E-state index contributed by atoms with van der Waals surface area (Å²) in [5.74, 6) is -1.66. The van der Waals surface area contributed by atoms with Crippen LogP contribution in [0.5, 0.6) is 0 Å².